The fourth-order valence-corrected chi connectivity index (χ4v) is 3.75. The Bertz CT molecular complexity index is 927. The second kappa shape index (κ2) is 8.41. The van der Waals surface area contributed by atoms with Gasteiger partial charge in [-0.25, -0.2) is 0 Å². The van der Waals surface area contributed by atoms with Gasteiger partial charge in [0.25, 0.3) is 0 Å². The summed E-state index contributed by atoms with van der Waals surface area (Å²) >= 11 is 0. The third kappa shape index (κ3) is 4.37. The SMILES string of the molecule is CC1C=CC(CNc2cc(N[C@@H]3CCCOC3)nn3c(C(C)C)nnc23)=C(O)C1. The molecular formula is C21H30N6O2. The molecule has 0 bridgehead atoms. The van der Waals surface area contributed by atoms with Gasteiger partial charge >= 0.3 is 0 Å². The number of hydrogen-bond acceptors (Lipinski definition) is 7. The lowest BCUT2D eigenvalue weighted by Gasteiger charge is -2.24. The molecule has 3 heterocycles. The van der Waals surface area contributed by atoms with Crippen molar-refractivity contribution >= 4 is 17.2 Å². The van der Waals surface area contributed by atoms with Gasteiger partial charge in [-0.3, -0.25) is 0 Å². The lowest BCUT2D eigenvalue weighted by atomic mass is 9.96. The molecule has 1 saturated heterocycles. The minimum Gasteiger partial charge on any atom is -0.512 e. The molecule has 8 heteroatoms. The first-order chi connectivity index (χ1) is 14.0. The van der Waals surface area contributed by atoms with E-state index >= 15 is 0 Å². The average Bonchev–Trinajstić information content (AvgIpc) is 3.12. The van der Waals surface area contributed by atoms with Gasteiger partial charge in [-0.05, 0) is 18.8 Å². The van der Waals surface area contributed by atoms with Crippen LogP contribution in [0.1, 0.15) is 51.8 Å². The van der Waals surface area contributed by atoms with Crippen LogP contribution in [0.15, 0.2) is 29.6 Å². The topological polar surface area (TPSA) is 96.6 Å². The molecule has 0 amide bonds. The molecule has 0 spiro atoms. The maximum absolute atomic E-state index is 10.3. The van der Waals surface area contributed by atoms with Crippen LogP contribution < -0.4 is 10.6 Å². The number of aliphatic hydroxyl groups excluding tert-OH is 1. The average molecular weight is 399 g/mol. The van der Waals surface area contributed by atoms with Crippen LogP contribution in [0.25, 0.3) is 5.65 Å². The second-order valence-corrected chi connectivity index (χ2v) is 8.32. The van der Waals surface area contributed by atoms with Crippen molar-refractivity contribution in [2.45, 2.75) is 52.0 Å². The number of ether oxygens (including phenoxy) is 1. The van der Waals surface area contributed by atoms with Gasteiger partial charge in [0.1, 0.15) is 5.82 Å². The Morgan fingerprint density at radius 1 is 1.34 bits per heavy atom. The molecule has 2 aromatic heterocycles. The molecule has 1 aliphatic heterocycles. The highest BCUT2D eigenvalue weighted by atomic mass is 16.5. The van der Waals surface area contributed by atoms with Crippen LogP contribution in [0.3, 0.4) is 0 Å². The Morgan fingerprint density at radius 2 is 2.21 bits per heavy atom. The van der Waals surface area contributed by atoms with Crippen LogP contribution in [0.2, 0.25) is 0 Å². The molecule has 1 fully saturated rings. The van der Waals surface area contributed by atoms with Crippen LogP contribution in [-0.4, -0.2) is 50.7 Å². The molecule has 2 atom stereocenters. The lowest BCUT2D eigenvalue weighted by molar-refractivity contribution is 0.0875. The smallest absolute Gasteiger partial charge is 0.201 e. The number of fused-ring (bicyclic) bond motifs is 1. The largest absolute Gasteiger partial charge is 0.512 e. The van der Waals surface area contributed by atoms with Crippen LogP contribution in [0.4, 0.5) is 11.5 Å². The molecule has 2 aromatic rings. The summed E-state index contributed by atoms with van der Waals surface area (Å²) in [6, 6.07) is 2.21. The van der Waals surface area contributed by atoms with E-state index in [1.165, 1.54) is 0 Å². The summed E-state index contributed by atoms with van der Waals surface area (Å²) in [6.07, 6.45) is 6.91. The van der Waals surface area contributed by atoms with Crippen molar-refractivity contribution in [3.05, 3.63) is 35.4 Å². The van der Waals surface area contributed by atoms with Crippen LogP contribution >= 0.6 is 0 Å². The van der Waals surface area contributed by atoms with E-state index < -0.39 is 0 Å². The number of hydrogen-bond donors (Lipinski definition) is 3. The Balaban J connectivity index is 1.62. The molecule has 1 unspecified atom stereocenters. The van der Waals surface area contributed by atoms with E-state index in [4.69, 9.17) is 9.84 Å². The number of aromatic nitrogens is 4. The van der Waals surface area contributed by atoms with E-state index in [0.29, 0.717) is 36.9 Å². The van der Waals surface area contributed by atoms with Gasteiger partial charge in [-0.2, -0.15) is 4.52 Å². The molecule has 156 valence electrons. The maximum Gasteiger partial charge on any atom is 0.201 e. The zero-order chi connectivity index (χ0) is 20.4. The summed E-state index contributed by atoms with van der Waals surface area (Å²) in [5.41, 5.74) is 2.43. The summed E-state index contributed by atoms with van der Waals surface area (Å²) in [4.78, 5) is 0. The van der Waals surface area contributed by atoms with Crippen molar-refractivity contribution < 1.29 is 9.84 Å². The van der Waals surface area contributed by atoms with Gasteiger partial charge < -0.3 is 20.5 Å². The fourth-order valence-electron chi connectivity index (χ4n) is 3.75. The Hall–Kier alpha value is -2.61. The molecule has 0 saturated carbocycles. The molecule has 4 rings (SSSR count). The molecule has 0 aromatic carbocycles. The first-order valence-corrected chi connectivity index (χ1v) is 10.4. The standard InChI is InChI=1S/C21H30N6O2/c1-13(2)20-24-25-21-17(22-11-15-7-6-14(3)9-18(15)28)10-19(26-27(20)21)23-16-5-4-8-29-12-16/h6-7,10,13-14,16,22,28H,4-5,8-9,11-12H2,1-3H3,(H,23,26)/t14?,16-/m1/s1. The third-order valence-corrected chi connectivity index (χ3v) is 5.40. The summed E-state index contributed by atoms with van der Waals surface area (Å²) in [7, 11) is 0. The van der Waals surface area contributed by atoms with Crippen molar-refractivity contribution in [1.82, 2.24) is 19.8 Å². The zero-order valence-corrected chi connectivity index (χ0v) is 17.4. The van der Waals surface area contributed by atoms with Gasteiger partial charge in [-0.1, -0.05) is 32.9 Å². The van der Waals surface area contributed by atoms with Gasteiger partial charge in [0.05, 0.1) is 24.1 Å². The summed E-state index contributed by atoms with van der Waals surface area (Å²) in [6.45, 7) is 8.29. The molecule has 2 aliphatic rings. The monoisotopic (exact) mass is 398 g/mol. The predicted octanol–water partition coefficient (Wildman–Crippen LogP) is 3.66. The normalized spacial score (nSPS) is 22.5. The lowest BCUT2D eigenvalue weighted by Crippen LogP contribution is -2.30. The number of aliphatic hydroxyl groups is 1. The Morgan fingerprint density at radius 3 is 2.93 bits per heavy atom. The molecule has 0 radical (unpaired) electrons. The molecule has 8 nitrogen and oxygen atoms in total. The number of anilines is 2. The van der Waals surface area contributed by atoms with E-state index in [1.54, 1.807) is 0 Å². The molecule has 29 heavy (non-hydrogen) atoms. The number of allylic oxidation sites excluding steroid dienone is 2. The minimum atomic E-state index is 0.202. The summed E-state index contributed by atoms with van der Waals surface area (Å²) in [5, 5.41) is 30.7. The first-order valence-electron chi connectivity index (χ1n) is 10.4. The van der Waals surface area contributed by atoms with E-state index in [0.717, 1.165) is 42.4 Å². The quantitative estimate of drug-likeness (QED) is 0.683. The highest BCUT2D eigenvalue weighted by Crippen LogP contribution is 2.26. The highest BCUT2D eigenvalue weighted by molar-refractivity contribution is 5.70. The van der Waals surface area contributed by atoms with Gasteiger partial charge in [0.2, 0.25) is 5.65 Å². The predicted molar refractivity (Wildman–Crippen MR) is 113 cm³/mol. The Labute approximate surface area is 171 Å². The number of nitrogens with one attached hydrogen (secondary N) is 2. The van der Waals surface area contributed by atoms with Gasteiger partial charge in [-0.15, -0.1) is 15.3 Å². The molecular weight excluding hydrogens is 368 g/mol. The number of rotatable bonds is 6. The maximum atomic E-state index is 10.3. The van der Waals surface area contributed by atoms with Crippen molar-refractivity contribution in [3.63, 3.8) is 0 Å². The minimum absolute atomic E-state index is 0.202. The highest BCUT2D eigenvalue weighted by Gasteiger charge is 2.19. The second-order valence-electron chi connectivity index (χ2n) is 8.32. The third-order valence-electron chi connectivity index (χ3n) is 5.40. The van der Waals surface area contributed by atoms with Crippen LogP contribution in [0.5, 0.6) is 0 Å². The van der Waals surface area contributed by atoms with Crippen LogP contribution in [0, 0.1) is 5.92 Å². The van der Waals surface area contributed by atoms with Crippen molar-refractivity contribution in [3.8, 4) is 0 Å². The van der Waals surface area contributed by atoms with E-state index in [9.17, 15) is 5.11 Å². The summed E-state index contributed by atoms with van der Waals surface area (Å²) < 4.78 is 7.40. The summed E-state index contributed by atoms with van der Waals surface area (Å²) in [5.74, 6) is 2.60. The number of nitrogens with zero attached hydrogens (tertiary/aromatic N) is 4. The van der Waals surface area contributed by atoms with E-state index in [-0.39, 0.29) is 12.0 Å². The van der Waals surface area contributed by atoms with Gasteiger partial charge in [0.15, 0.2) is 5.82 Å². The van der Waals surface area contributed by atoms with Crippen molar-refractivity contribution in [2.24, 2.45) is 5.92 Å². The van der Waals surface area contributed by atoms with Crippen molar-refractivity contribution in [1.29, 1.82) is 0 Å². The van der Waals surface area contributed by atoms with E-state index in [1.807, 2.05) is 16.7 Å². The fraction of sp³-hybridized carbons (Fsp3) is 0.571. The first kappa shape index (κ1) is 19.7. The Kier molecular flexibility index (Phi) is 5.71. The molecule has 1 aliphatic carbocycles. The molecule has 3 N–H and O–H groups in total. The van der Waals surface area contributed by atoms with E-state index in [2.05, 4.69) is 47.7 Å². The zero-order valence-electron chi connectivity index (χ0n) is 17.4. The van der Waals surface area contributed by atoms with Crippen LogP contribution in [-0.2, 0) is 4.74 Å². The van der Waals surface area contributed by atoms with Crippen molar-refractivity contribution in [2.75, 3.05) is 30.4 Å². The van der Waals surface area contributed by atoms with Gasteiger partial charge in [0, 0.05) is 37.1 Å².